The topological polar surface area (TPSA) is 58.1 Å². The first-order chi connectivity index (χ1) is 12.2. The second-order valence-electron chi connectivity index (χ2n) is 6.62. The van der Waals surface area contributed by atoms with Crippen molar-refractivity contribution in [3.05, 3.63) is 29.8 Å². The van der Waals surface area contributed by atoms with Crippen LogP contribution in [0.15, 0.2) is 29.3 Å². The van der Waals surface area contributed by atoms with Crippen molar-refractivity contribution in [2.45, 2.75) is 20.4 Å². The Bertz CT molecular complexity index is 528. The zero-order valence-corrected chi connectivity index (χ0v) is 15.8. The number of morpholine rings is 1. The van der Waals surface area contributed by atoms with Crippen LogP contribution < -0.4 is 15.4 Å². The van der Waals surface area contributed by atoms with Crippen LogP contribution in [0, 0.1) is 5.92 Å². The number of guanidine groups is 1. The molecule has 0 aliphatic carbocycles. The molecule has 0 radical (unpaired) electrons. The molecule has 1 aromatic carbocycles. The third-order valence-corrected chi connectivity index (χ3v) is 4.04. The normalized spacial score (nSPS) is 16.1. The van der Waals surface area contributed by atoms with Gasteiger partial charge in [0.15, 0.2) is 5.96 Å². The van der Waals surface area contributed by atoms with Crippen LogP contribution in [0.1, 0.15) is 19.4 Å². The number of hydrogen-bond acceptors (Lipinski definition) is 4. The fraction of sp³-hybridized carbons (Fsp3) is 0.632. The van der Waals surface area contributed by atoms with E-state index in [1.54, 1.807) is 7.05 Å². The van der Waals surface area contributed by atoms with Gasteiger partial charge in [-0.2, -0.15) is 0 Å². The minimum atomic E-state index is 0.510. The van der Waals surface area contributed by atoms with Gasteiger partial charge in [-0.3, -0.25) is 9.89 Å². The number of benzene rings is 1. The average Bonchev–Trinajstić information content (AvgIpc) is 2.64. The molecule has 1 aromatic rings. The molecule has 6 nitrogen and oxygen atoms in total. The van der Waals surface area contributed by atoms with E-state index in [4.69, 9.17) is 9.47 Å². The maximum Gasteiger partial charge on any atom is 0.191 e. The van der Waals surface area contributed by atoms with Crippen LogP contribution in [-0.2, 0) is 11.3 Å². The fourth-order valence-electron chi connectivity index (χ4n) is 2.60. The van der Waals surface area contributed by atoms with E-state index in [1.807, 2.05) is 18.2 Å². The highest BCUT2D eigenvalue weighted by atomic mass is 16.5. The molecular formula is C19H32N4O2. The van der Waals surface area contributed by atoms with Crippen molar-refractivity contribution in [2.75, 3.05) is 53.0 Å². The minimum absolute atomic E-state index is 0.510. The van der Waals surface area contributed by atoms with Crippen LogP contribution in [0.5, 0.6) is 5.75 Å². The van der Waals surface area contributed by atoms with E-state index in [2.05, 4.69) is 40.4 Å². The maximum atomic E-state index is 5.91. The van der Waals surface area contributed by atoms with Gasteiger partial charge in [-0.25, -0.2) is 0 Å². The van der Waals surface area contributed by atoms with Gasteiger partial charge in [0.25, 0.3) is 0 Å². The average molecular weight is 348 g/mol. The zero-order chi connectivity index (χ0) is 17.9. The van der Waals surface area contributed by atoms with Crippen molar-refractivity contribution in [3.63, 3.8) is 0 Å². The second kappa shape index (κ2) is 10.9. The van der Waals surface area contributed by atoms with Gasteiger partial charge in [0, 0.05) is 45.3 Å². The third kappa shape index (κ3) is 7.32. The molecule has 140 valence electrons. The van der Waals surface area contributed by atoms with E-state index in [1.165, 1.54) is 0 Å². The summed E-state index contributed by atoms with van der Waals surface area (Å²) in [4.78, 5) is 6.70. The number of nitrogens with zero attached hydrogens (tertiary/aromatic N) is 2. The summed E-state index contributed by atoms with van der Waals surface area (Å²) in [7, 11) is 1.80. The molecule has 0 bridgehead atoms. The van der Waals surface area contributed by atoms with Crippen LogP contribution in [0.4, 0.5) is 0 Å². The van der Waals surface area contributed by atoms with Gasteiger partial charge in [0.2, 0.25) is 0 Å². The molecule has 1 heterocycles. The Morgan fingerprint density at radius 2 is 2.00 bits per heavy atom. The quantitative estimate of drug-likeness (QED) is 0.553. The number of aliphatic imine (C=N–C) groups is 1. The molecule has 1 fully saturated rings. The first kappa shape index (κ1) is 19.5. The molecule has 1 aliphatic rings. The molecule has 0 spiro atoms. The first-order valence-electron chi connectivity index (χ1n) is 9.14. The Balaban J connectivity index is 1.76. The molecule has 0 amide bonds. The predicted molar refractivity (Wildman–Crippen MR) is 102 cm³/mol. The minimum Gasteiger partial charge on any atom is -0.493 e. The van der Waals surface area contributed by atoms with E-state index in [0.717, 1.165) is 63.3 Å². The summed E-state index contributed by atoms with van der Waals surface area (Å²) in [6.45, 7) is 11.3. The van der Waals surface area contributed by atoms with Crippen LogP contribution in [0.2, 0.25) is 0 Å². The summed E-state index contributed by atoms with van der Waals surface area (Å²) >= 11 is 0. The first-order valence-corrected chi connectivity index (χ1v) is 9.14. The number of para-hydroxylation sites is 1. The van der Waals surface area contributed by atoms with E-state index in [-0.39, 0.29) is 0 Å². The van der Waals surface area contributed by atoms with Gasteiger partial charge < -0.3 is 20.1 Å². The van der Waals surface area contributed by atoms with Crippen molar-refractivity contribution < 1.29 is 9.47 Å². The summed E-state index contributed by atoms with van der Waals surface area (Å²) in [5.41, 5.74) is 1.14. The second-order valence-corrected chi connectivity index (χ2v) is 6.62. The summed E-state index contributed by atoms with van der Waals surface area (Å²) in [6, 6.07) is 8.15. The molecule has 25 heavy (non-hydrogen) atoms. The number of nitrogens with one attached hydrogen (secondary N) is 2. The van der Waals surface area contributed by atoms with E-state index >= 15 is 0 Å². The summed E-state index contributed by atoms with van der Waals surface area (Å²) < 4.78 is 11.3. The Labute approximate surface area is 151 Å². The maximum absolute atomic E-state index is 5.91. The number of hydrogen-bond donors (Lipinski definition) is 2. The number of rotatable bonds is 8. The standard InChI is InChI=1S/C19H32N4O2/c1-16(2)15-25-18-7-5-4-6-17(18)14-22-19(20-3)21-8-9-23-10-12-24-13-11-23/h4-7,16H,8-15H2,1-3H3,(H2,20,21,22). The summed E-state index contributed by atoms with van der Waals surface area (Å²) in [6.07, 6.45) is 0. The lowest BCUT2D eigenvalue weighted by Gasteiger charge is -2.26. The summed E-state index contributed by atoms with van der Waals surface area (Å²) in [5.74, 6) is 2.26. The molecule has 0 aromatic heterocycles. The molecule has 0 saturated carbocycles. The predicted octanol–water partition coefficient (Wildman–Crippen LogP) is 1.72. The molecule has 6 heteroatoms. The van der Waals surface area contributed by atoms with Crippen LogP contribution in [0.3, 0.4) is 0 Å². The molecule has 1 saturated heterocycles. The third-order valence-electron chi connectivity index (χ3n) is 4.04. The molecule has 0 unspecified atom stereocenters. The Morgan fingerprint density at radius 3 is 2.72 bits per heavy atom. The van der Waals surface area contributed by atoms with Gasteiger partial charge in [-0.15, -0.1) is 0 Å². The fourth-order valence-corrected chi connectivity index (χ4v) is 2.60. The van der Waals surface area contributed by atoms with Crippen LogP contribution in [0.25, 0.3) is 0 Å². The highest BCUT2D eigenvalue weighted by Crippen LogP contribution is 2.18. The lowest BCUT2D eigenvalue weighted by atomic mass is 10.2. The Morgan fingerprint density at radius 1 is 1.24 bits per heavy atom. The molecule has 1 aliphatic heterocycles. The zero-order valence-electron chi connectivity index (χ0n) is 15.8. The van der Waals surface area contributed by atoms with Gasteiger partial charge >= 0.3 is 0 Å². The Hall–Kier alpha value is -1.79. The monoisotopic (exact) mass is 348 g/mol. The largest absolute Gasteiger partial charge is 0.493 e. The summed E-state index contributed by atoms with van der Waals surface area (Å²) in [5, 5.41) is 6.74. The van der Waals surface area contributed by atoms with Crippen molar-refractivity contribution in [3.8, 4) is 5.75 Å². The lowest BCUT2D eigenvalue weighted by Crippen LogP contribution is -2.44. The molecule has 0 atom stereocenters. The smallest absolute Gasteiger partial charge is 0.191 e. The Kier molecular flexibility index (Phi) is 8.55. The van der Waals surface area contributed by atoms with Crippen molar-refractivity contribution in [2.24, 2.45) is 10.9 Å². The van der Waals surface area contributed by atoms with Gasteiger partial charge in [0.1, 0.15) is 5.75 Å². The van der Waals surface area contributed by atoms with E-state index in [0.29, 0.717) is 12.5 Å². The molecular weight excluding hydrogens is 316 g/mol. The van der Waals surface area contributed by atoms with Crippen molar-refractivity contribution in [1.29, 1.82) is 0 Å². The SMILES string of the molecule is CN=C(NCCN1CCOCC1)NCc1ccccc1OCC(C)C. The van der Waals surface area contributed by atoms with Gasteiger partial charge in [0.05, 0.1) is 19.8 Å². The van der Waals surface area contributed by atoms with Crippen molar-refractivity contribution in [1.82, 2.24) is 15.5 Å². The highest BCUT2D eigenvalue weighted by Gasteiger charge is 2.10. The van der Waals surface area contributed by atoms with Crippen LogP contribution >= 0.6 is 0 Å². The van der Waals surface area contributed by atoms with Crippen LogP contribution in [-0.4, -0.2) is 63.9 Å². The molecule has 2 rings (SSSR count). The lowest BCUT2D eigenvalue weighted by molar-refractivity contribution is 0.0389. The van der Waals surface area contributed by atoms with Gasteiger partial charge in [-0.05, 0) is 12.0 Å². The van der Waals surface area contributed by atoms with E-state index in [9.17, 15) is 0 Å². The highest BCUT2D eigenvalue weighted by molar-refractivity contribution is 5.79. The van der Waals surface area contributed by atoms with E-state index < -0.39 is 0 Å². The van der Waals surface area contributed by atoms with Gasteiger partial charge in [-0.1, -0.05) is 32.0 Å². The molecule has 2 N–H and O–H groups in total. The van der Waals surface area contributed by atoms with Crippen molar-refractivity contribution >= 4 is 5.96 Å². The number of ether oxygens (including phenoxy) is 2.